The van der Waals surface area contributed by atoms with Crippen molar-refractivity contribution in [2.75, 3.05) is 12.8 Å². The molecule has 0 unspecified atom stereocenters. The van der Waals surface area contributed by atoms with Crippen LogP contribution in [0.4, 0.5) is 5.69 Å². The molecular weight excluding hydrogens is 288 g/mol. The van der Waals surface area contributed by atoms with Gasteiger partial charge in [-0.25, -0.2) is 8.42 Å². The van der Waals surface area contributed by atoms with Gasteiger partial charge in [0.25, 0.3) is 0 Å². The van der Waals surface area contributed by atoms with E-state index in [0.29, 0.717) is 17.1 Å². The van der Waals surface area contributed by atoms with Crippen molar-refractivity contribution in [2.24, 2.45) is 0 Å². The molecule has 0 radical (unpaired) electrons. The number of sulfone groups is 1. The van der Waals surface area contributed by atoms with Crippen LogP contribution in [-0.4, -0.2) is 20.5 Å². The van der Waals surface area contributed by atoms with Gasteiger partial charge in [0.05, 0.1) is 29.1 Å². The number of nitrogens with two attached hydrogens (primary N) is 1. The second kappa shape index (κ2) is 5.73. The zero-order valence-electron chi connectivity index (χ0n) is 12.3. The summed E-state index contributed by atoms with van der Waals surface area (Å²) in [6.07, 6.45) is 0. The molecule has 6 heteroatoms. The van der Waals surface area contributed by atoms with E-state index in [4.69, 9.17) is 10.5 Å². The number of para-hydroxylation sites is 1. The van der Waals surface area contributed by atoms with Crippen LogP contribution in [0.1, 0.15) is 17.0 Å². The van der Waals surface area contributed by atoms with E-state index >= 15 is 0 Å². The lowest BCUT2D eigenvalue weighted by Crippen LogP contribution is -2.10. The molecule has 0 bridgehead atoms. The van der Waals surface area contributed by atoms with E-state index in [-0.39, 0.29) is 16.3 Å². The molecule has 1 aromatic heterocycles. The largest absolute Gasteiger partial charge is 0.497 e. The summed E-state index contributed by atoms with van der Waals surface area (Å²) in [6, 6.07) is 8.35. The highest BCUT2D eigenvalue weighted by Gasteiger charge is 2.20. The first-order chi connectivity index (χ1) is 9.83. The predicted octanol–water partition coefficient (Wildman–Crippen LogP) is 2.26. The maximum atomic E-state index is 12.5. The number of hydrogen-bond donors (Lipinski definition) is 1. The molecule has 0 amide bonds. The third-order valence-electron chi connectivity index (χ3n) is 3.17. The van der Waals surface area contributed by atoms with E-state index in [9.17, 15) is 8.42 Å². The average molecular weight is 306 g/mol. The van der Waals surface area contributed by atoms with Crippen molar-refractivity contribution in [3.8, 4) is 5.75 Å². The molecule has 0 aliphatic rings. The Hall–Kier alpha value is -2.08. The van der Waals surface area contributed by atoms with Crippen LogP contribution in [0.15, 0.2) is 35.2 Å². The first kappa shape index (κ1) is 15.3. The first-order valence-corrected chi connectivity index (χ1v) is 8.08. The fourth-order valence-corrected chi connectivity index (χ4v) is 3.57. The molecule has 0 saturated carbocycles. The van der Waals surface area contributed by atoms with Crippen LogP contribution in [-0.2, 0) is 15.6 Å². The molecule has 0 atom stereocenters. The fourth-order valence-electron chi connectivity index (χ4n) is 2.09. The van der Waals surface area contributed by atoms with Gasteiger partial charge in [0, 0.05) is 17.8 Å². The van der Waals surface area contributed by atoms with Crippen molar-refractivity contribution in [1.82, 2.24) is 4.98 Å². The highest BCUT2D eigenvalue weighted by atomic mass is 32.2. The van der Waals surface area contributed by atoms with Gasteiger partial charge in [-0.15, -0.1) is 0 Å². The van der Waals surface area contributed by atoms with Crippen LogP contribution >= 0.6 is 0 Å². The number of pyridine rings is 1. The Bertz CT molecular complexity index is 770. The Balaban J connectivity index is 2.42. The molecule has 1 aromatic carbocycles. The lowest BCUT2D eigenvalue weighted by molar-refractivity contribution is 0.413. The van der Waals surface area contributed by atoms with Crippen LogP contribution in [0.2, 0.25) is 0 Å². The van der Waals surface area contributed by atoms with Crippen molar-refractivity contribution in [2.45, 2.75) is 24.5 Å². The van der Waals surface area contributed by atoms with Crippen molar-refractivity contribution in [3.05, 3.63) is 47.3 Å². The molecule has 2 rings (SSSR count). The second-order valence-corrected chi connectivity index (χ2v) is 6.84. The summed E-state index contributed by atoms with van der Waals surface area (Å²) in [7, 11) is -2.02. The minimum absolute atomic E-state index is 0.143. The quantitative estimate of drug-likeness (QED) is 0.876. The number of nitrogens with zero attached hydrogens (tertiary/aromatic N) is 1. The van der Waals surface area contributed by atoms with Crippen molar-refractivity contribution in [1.29, 1.82) is 0 Å². The monoisotopic (exact) mass is 306 g/mol. The number of benzene rings is 1. The lowest BCUT2D eigenvalue weighted by Gasteiger charge is -2.10. The maximum absolute atomic E-state index is 12.5. The zero-order valence-corrected chi connectivity index (χ0v) is 13.1. The topological polar surface area (TPSA) is 82.3 Å². The van der Waals surface area contributed by atoms with E-state index in [0.717, 1.165) is 5.56 Å². The number of aryl methyl sites for hydroxylation is 2. The van der Waals surface area contributed by atoms with Gasteiger partial charge in [0.15, 0.2) is 9.84 Å². The summed E-state index contributed by atoms with van der Waals surface area (Å²) < 4.78 is 30.2. The molecule has 0 aliphatic heterocycles. The molecule has 1 heterocycles. The summed E-state index contributed by atoms with van der Waals surface area (Å²) >= 11 is 0. The van der Waals surface area contributed by atoms with E-state index < -0.39 is 9.84 Å². The normalized spacial score (nSPS) is 11.4. The molecule has 2 N–H and O–H groups in total. The van der Waals surface area contributed by atoms with Gasteiger partial charge in [-0.1, -0.05) is 12.1 Å². The SMILES string of the molecule is COc1cc(C)nc(CS(=O)(=O)c2cccc(C)c2N)c1. The number of nitrogen functional groups attached to an aromatic ring is 1. The zero-order chi connectivity index (χ0) is 15.6. The Morgan fingerprint density at radius 1 is 1.24 bits per heavy atom. The van der Waals surface area contributed by atoms with Crippen molar-refractivity contribution >= 4 is 15.5 Å². The van der Waals surface area contributed by atoms with Crippen LogP contribution in [0.3, 0.4) is 0 Å². The van der Waals surface area contributed by atoms with E-state index in [2.05, 4.69) is 4.98 Å². The van der Waals surface area contributed by atoms with E-state index in [1.165, 1.54) is 13.2 Å². The lowest BCUT2D eigenvalue weighted by atomic mass is 10.2. The summed E-state index contributed by atoms with van der Waals surface area (Å²) in [5.74, 6) is 0.378. The molecule has 0 aliphatic carbocycles. The van der Waals surface area contributed by atoms with Crippen LogP contribution in [0.5, 0.6) is 5.75 Å². The smallest absolute Gasteiger partial charge is 0.186 e. The number of anilines is 1. The number of methoxy groups -OCH3 is 1. The summed E-state index contributed by atoms with van der Waals surface area (Å²) in [5, 5.41) is 0. The molecule has 0 fully saturated rings. The summed E-state index contributed by atoms with van der Waals surface area (Å²) in [5.41, 5.74) is 8.06. The Kier molecular flexibility index (Phi) is 4.18. The highest BCUT2D eigenvalue weighted by molar-refractivity contribution is 7.90. The van der Waals surface area contributed by atoms with Gasteiger partial charge >= 0.3 is 0 Å². The standard InChI is InChI=1S/C15H18N2O3S/c1-10-5-4-6-14(15(10)16)21(18,19)9-12-8-13(20-3)7-11(2)17-12/h4-8H,9,16H2,1-3H3. The minimum Gasteiger partial charge on any atom is -0.497 e. The minimum atomic E-state index is -3.55. The Labute approximate surface area is 124 Å². The molecule has 21 heavy (non-hydrogen) atoms. The second-order valence-electron chi connectivity index (χ2n) is 4.89. The van der Waals surface area contributed by atoms with Crippen LogP contribution < -0.4 is 10.5 Å². The number of ether oxygens (including phenoxy) is 1. The maximum Gasteiger partial charge on any atom is 0.186 e. The Morgan fingerprint density at radius 2 is 1.95 bits per heavy atom. The molecule has 0 saturated heterocycles. The summed E-state index contributed by atoms with van der Waals surface area (Å²) in [6.45, 7) is 3.57. The van der Waals surface area contributed by atoms with Crippen LogP contribution in [0, 0.1) is 13.8 Å². The summed E-state index contributed by atoms with van der Waals surface area (Å²) in [4.78, 5) is 4.39. The molecule has 112 valence electrons. The van der Waals surface area contributed by atoms with E-state index in [1.54, 1.807) is 38.1 Å². The molecule has 0 spiro atoms. The molecule has 2 aromatic rings. The third-order valence-corrected chi connectivity index (χ3v) is 4.87. The number of hydrogen-bond acceptors (Lipinski definition) is 5. The molecule has 5 nitrogen and oxygen atoms in total. The predicted molar refractivity (Wildman–Crippen MR) is 82.0 cm³/mol. The van der Waals surface area contributed by atoms with Crippen LogP contribution in [0.25, 0.3) is 0 Å². The van der Waals surface area contributed by atoms with Gasteiger partial charge in [-0.3, -0.25) is 4.98 Å². The van der Waals surface area contributed by atoms with Gasteiger partial charge < -0.3 is 10.5 Å². The van der Waals surface area contributed by atoms with Crippen molar-refractivity contribution in [3.63, 3.8) is 0 Å². The fraction of sp³-hybridized carbons (Fsp3) is 0.267. The van der Waals surface area contributed by atoms with Gasteiger partial charge in [0.1, 0.15) is 5.75 Å². The number of rotatable bonds is 4. The highest BCUT2D eigenvalue weighted by Crippen LogP contribution is 2.25. The number of aromatic nitrogens is 1. The average Bonchev–Trinajstić information content (AvgIpc) is 2.40. The Morgan fingerprint density at radius 3 is 2.62 bits per heavy atom. The molecular formula is C15H18N2O3S. The van der Waals surface area contributed by atoms with Crippen molar-refractivity contribution < 1.29 is 13.2 Å². The van der Waals surface area contributed by atoms with E-state index in [1.807, 2.05) is 0 Å². The first-order valence-electron chi connectivity index (χ1n) is 6.43. The third kappa shape index (κ3) is 3.33. The van der Waals surface area contributed by atoms with Gasteiger partial charge in [-0.2, -0.15) is 0 Å². The van der Waals surface area contributed by atoms with Gasteiger partial charge in [0.2, 0.25) is 0 Å². The van der Waals surface area contributed by atoms with Gasteiger partial charge in [-0.05, 0) is 25.5 Å².